The van der Waals surface area contributed by atoms with Crippen molar-refractivity contribution in [2.24, 2.45) is 11.7 Å². The monoisotopic (exact) mass is 458 g/mol. The molecule has 0 aromatic heterocycles. The highest BCUT2D eigenvalue weighted by Gasteiger charge is 2.25. The molecule has 2 amide bonds. The zero-order chi connectivity index (χ0) is 23.3. The van der Waals surface area contributed by atoms with Crippen LogP contribution in [0.25, 0.3) is 0 Å². The third-order valence-corrected chi connectivity index (χ3v) is 5.86. The molecule has 2 unspecified atom stereocenters. The lowest BCUT2D eigenvalue weighted by atomic mass is 10.0. The Morgan fingerprint density at radius 2 is 2.03 bits per heavy atom. The van der Waals surface area contributed by atoms with E-state index in [-0.39, 0.29) is 12.5 Å². The van der Waals surface area contributed by atoms with Crippen molar-refractivity contribution in [3.05, 3.63) is 70.8 Å². The summed E-state index contributed by atoms with van der Waals surface area (Å²) < 4.78 is 2.14. The lowest BCUT2D eigenvalue weighted by Crippen LogP contribution is -2.50. The van der Waals surface area contributed by atoms with E-state index in [9.17, 15) is 14.7 Å². The first kappa shape index (κ1) is 25.7. The Morgan fingerprint density at radius 3 is 2.72 bits per heavy atom. The van der Waals surface area contributed by atoms with Crippen molar-refractivity contribution in [1.82, 2.24) is 14.9 Å². The molecule has 0 bridgehead atoms. The van der Waals surface area contributed by atoms with E-state index in [2.05, 4.69) is 28.8 Å². The maximum absolute atomic E-state index is 12.3. The maximum atomic E-state index is 12.3. The molecule has 2 rings (SSSR count). The smallest absolute Gasteiger partial charge is 0.239 e. The Bertz CT molecular complexity index is 821. The second kappa shape index (κ2) is 13.8. The van der Waals surface area contributed by atoms with Crippen molar-refractivity contribution >= 4 is 24.3 Å². The fourth-order valence-corrected chi connectivity index (χ4v) is 4.52. The number of carbonyl (C=O) groups is 2. The molecule has 0 saturated heterocycles. The quantitative estimate of drug-likeness (QED) is 0.266. The first-order chi connectivity index (χ1) is 15.4. The van der Waals surface area contributed by atoms with E-state index in [1.165, 1.54) is 0 Å². The van der Waals surface area contributed by atoms with E-state index in [1.807, 2.05) is 54.6 Å². The van der Waals surface area contributed by atoms with Crippen LogP contribution < -0.4 is 16.4 Å². The minimum absolute atomic E-state index is 0.126. The standard InChI is InChI=1S/C24H34N4O3S/c1-18(2)15-28(32-21-10-6-9-20(25)11-12-21)16-23(30)22(27-24(31)14-26-17-29)13-19-7-4-3-5-8-19/h3-11,17-18,22-23,30H,12-16,25H2,1-2H3,(H,26,29)(H,27,31). The summed E-state index contributed by atoms with van der Waals surface area (Å²) in [7, 11) is 0. The van der Waals surface area contributed by atoms with Gasteiger partial charge in [0.25, 0.3) is 0 Å². The van der Waals surface area contributed by atoms with Gasteiger partial charge in [-0.3, -0.25) is 9.59 Å². The summed E-state index contributed by atoms with van der Waals surface area (Å²) in [5, 5.41) is 16.4. The first-order valence-electron chi connectivity index (χ1n) is 10.8. The Balaban J connectivity index is 2.11. The van der Waals surface area contributed by atoms with Gasteiger partial charge < -0.3 is 21.5 Å². The molecule has 2 atom stereocenters. The summed E-state index contributed by atoms with van der Waals surface area (Å²) in [4.78, 5) is 23.9. The van der Waals surface area contributed by atoms with Gasteiger partial charge in [0.2, 0.25) is 12.3 Å². The average Bonchev–Trinajstić information content (AvgIpc) is 2.96. The van der Waals surface area contributed by atoms with Crippen molar-refractivity contribution in [3.63, 3.8) is 0 Å². The molecule has 0 aliphatic heterocycles. The molecule has 0 heterocycles. The lowest BCUT2D eigenvalue weighted by molar-refractivity contribution is -0.123. The molecule has 1 aromatic rings. The van der Waals surface area contributed by atoms with Crippen LogP contribution in [0.3, 0.4) is 0 Å². The Labute approximate surface area is 195 Å². The van der Waals surface area contributed by atoms with E-state index in [1.54, 1.807) is 11.9 Å². The Hall–Kier alpha value is -2.55. The molecular weight excluding hydrogens is 424 g/mol. The largest absolute Gasteiger partial charge is 0.399 e. The first-order valence-corrected chi connectivity index (χ1v) is 11.6. The number of rotatable bonds is 13. The molecule has 1 aromatic carbocycles. The van der Waals surface area contributed by atoms with E-state index in [4.69, 9.17) is 5.73 Å². The summed E-state index contributed by atoms with van der Waals surface area (Å²) in [6, 6.07) is 9.23. The molecule has 32 heavy (non-hydrogen) atoms. The summed E-state index contributed by atoms with van der Waals surface area (Å²) in [6.07, 6.45) is 8.72. The predicted octanol–water partition coefficient (Wildman–Crippen LogP) is 2.11. The molecule has 8 heteroatoms. The molecule has 1 aliphatic rings. The Morgan fingerprint density at radius 1 is 1.28 bits per heavy atom. The highest BCUT2D eigenvalue weighted by atomic mass is 32.2. The average molecular weight is 459 g/mol. The number of hydrogen-bond acceptors (Lipinski definition) is 6. The van der Waals surface area contributed by atoms with Gasteiger partial charge in [0.05, 0.1) is 18.7 Å². The van der Waals surface area contributed by atoms with E-state index in [0.717, 1.165) is 29.1 Å². The maximum Gasteiger partial charge on any atom is 0.239 e. The van der Waals surface area contributed by atoms with Crippen molar-refractivity contribution in [3.8, 4) is 0 Å². The normalized spacial score (nSPS) is 15.5. The molecule has 1 aliphatic carbocycles. The molecule has 5 N–H and O–H groups in total. The van der Waals surface area contributed by atoms with Crippen molar-refractivity contribution < 1.29 is 14.7 Å². The molecule has 7 nitrogen and oxygen atoms in total. The van der Waals surface area contributed by atoms with Gasteiger partial charge >= 0.3 is 0 Å². The van der Waals surface area contributed by atoms with Gasteiger partial charge in [0.1, 0.15) is 0 Å². The summed E-state index contributed by atoms with van der Waals surface area (Å²) >= 11 is 1.61. The van der Waals surface area contributed by atoms with Gasteiger partial charge in [-0.25, -0.2) is 4.31 Å². The third kappa shape index (κ3) is 9.72. The van der Waals surface area contributed by atoms with E-state index in [0.29, 0.717) is 25.3 Å². The number of aliphatic hydroxyl groups excluding tert-OH is 1. The van der Waals surface area contributed by atoms with Gasteiger partial charge in [0.15, 0.2) is 0 Å². The van der Waals surface area contributed by atoms with Crippen LogP contribution in [-0.2, 0) is 16.0 Å². The van der Waals surface area contributed by atoms with Crippen LogP contribution >= 0.6 is 11.9 Å². The summed E-state index contributed by atoms with van der Waals surface area (Å²) in [6.45, 7) is 5.29. The number of allylic oxidation sites excluding steroid dienone is 5. The minimum Gasteiger partial charge on any atom is -0.399 e. The van der Waals surface area contributed by atoms with Crippen LogP contribution in [0.2, 0.25) is 0 Å². The number of carbonyl (C=O) groups excluding carboxylic acids is 2. The van der Waals surface area contributed by atoms with Crippen molar-refractivity contribution in [2.75, 3.05) is 19.6 Å². The van der Waals surface area contributed by atoms with Crippen molar-refractivity contribution in [1.29, 1.82) is 0 Å². The number of amides is 2. The van der Waals surface area contributed by atoms with Gasteiger partial charge in [0, 0.05) is 23.7 Å². The molecule has 0 saturated carbocycles. The second-order valence-electron chi connectivity index (χ2n) is 8.16. The predicted molar refractivity (Wildman–Crippen MR) is 130 cm³/mol. The van der Waals surface area contributed by atoms with Gasteiger partial charge in [-0.2, -0.15) is 0 Å². The van der Waals surface area contributed by atoms with Crippen LogP contribution in [0.1, 0.15) is 25.8 Å². The fourth-order valence-electron chi connectivity index (χ4n) is 3.29. The van der Waals surface area contributed by atoms with Crippen LogP contribution in [0.4, 0.5) is 0 Å². The van der Waals surface area contributed by atoms with E-state index >= 15 is 0 Å². The molecule has 0 spiro atoms. The highest BCUT2D eigenvalue weighted by molar-refractivity contribution is 8.00. The van der Waals surface area contributed by atoms with Crippen LogP contribution in [0.15, 0.2) is 65.2 Å². The van der Waals surface area contributed by atoms with Gasteiger partial charge in [-0.1, -0.05) is 62.4 Å². The molecule has 0 radical (unpaired) electrons. The molecule has 0 fully saturated rings. The number of nitrogens with one attached hydrogen (secondary N) is 2. The molecule has 174 valence electrons. The second-order valence-corrected chi connectivity index (χ2v) is 9.39. The number of nitrogens with two attached hydrogens (primary N) is 1. The van der Waals surface area contributed by atoms with Crippen molar-refractivity contribution in [2.45, 2.75) is 38.8 Å². The van der Waals surface area contributed by atoms with Gasteiger partial charge in [-0.05, 0) is 42.3 Å². The summed E-state index contributed by atoms with van der Waals surface area (Å²) in [5.41, 5.74) is 7.65. The SMILES string of the molecule is CC(C)CN(CC(O)C(Cc1ccccc1)NC(=O)CNC=O)SC1=CC=CC(N)=CC1. The van der Waals surface area contributed by atoms with Gasteiger partial charge in [-0.15, -0.1) is 0 Å². The number of aliphatic hydroxyl groups is 1. The van der Waals surface area contributed by atoms with E-state index < -0.39 is 12.1 Å². The zero-order valence-electron chi connectivity index (χ0n) is 18.7. The van der Waals surface area contributed by atoms with Crippen LogP contribution in [0.5, 0.6) is 0 Å². The molecular formula is C24H34N4O3S. The fraction of sp³-hybridized carbons (Fsp3) is 0.417. The lowest BCUT2D eigenvalue weighted by Gasteiger charge is -2.31. The highest BCUT2D eigenvalue weighted by Crippen LogP contribution is 2.28. The summed E-state index contributed by atoms with van der Waals surface area (Å²) in [5.74, 6) is 0.0635. The topological polar surface area (TPSA) is 108 Å². The number of hydrogen-bond donors (Lipinski definition) is 4. The Kier molecular flexibility index (Phi) is 11.1. The third-order valence-electron chi connectivity index (χ3n) is 4.77. The number of nitrogens with zero attached hydrogens (tertiary/aromatic N) is 1. The number of benzene rings is 1. The van der Waals surface area contributed by atoms with Crippen LogP contribution in [0, 0.1) is 5.92 Å². The minimum atomic E-state index is -0.802. The zero-order valence-corrected chi connectivity index (χ0v) is 19.6. The van der Waals surface area contributed by atoms with Crippen LogP contribution in [-0.4, -0.2) is 53.5 Å².